The van der Waals surface area contributed by atoms with Crippen LogP contribution in [0.15, 0.2) is 18.2 Å². The lowest BCUT2D eigenvalue weighted by Gasteiger charge is -2.36. The number of esters is 1. The van der Waals surface area contributed by atoms with Crippen molar-refractivity contribution < 1.29 is 23.5 Å². The summed E-state index contributed by atoms with van der Waals surface area (Å²) in [5, 5.41) is 7.94. The van der Waals surface area contributed by atoms with Gasteiger partial charge in [-0.3, -0.25) is 9.48 Å². The Morgan fingerprint density at radius 1 is 1.34 bits per heavy atom. The van der Waals surface area contributed by atoms with Crippen LogP contribution in [0.4, 0.5) is 4.39 Å². The van der Waals surface area contributed by atoms with Gasteiger partial charge in [-0.25, -0.2) is 9.18 Å². The van der Waals surface area contributed by atoms with Gasteiger partial charge in [0.1, 0.15) is 5.82 Å². The Bertz CT molecular complexity index is 997. The molecule has 3 heterocycles. The standard InChI is InChI=1S/C23H27ClFN3O4/c1-2-18-20-19(13-23(14-26-21(20)29)4-8-31-9-5-23)28(27-18)6-3-7-32-22(30)15-10-16(24)12-17(25)11-15/h10-12H,2-9,13-14H2,1H3,(H,26,29). The number of carbonyl (C=O) groups is 2. The molecule has 1 spiro atoms. The molecule has 1 amide bonds. The van der Waals surface area contributed by atoms with Gasteiger partial charge in [-0.2, -0.15) is 5.10 Å². The van der Waals surface area contributed by atoms with Gasteiger partial charge in [-0.05, 0) is 49.3 Å². The highest BCUT2D eigenvalue weighted by molar-refractivity contribution is 6.30. The molecule has 1 aromatic carbocycles. The van der Waals surface area contributed by atoms with Crippen molar-refractivity contribution in [3.8, 4) is 0 Å². The number of hydrogen-bond acceptors (Lipinski definition) is 5. The zero-order valence-corrected chi connectivity index (χ0v) is 18.8. The number of nitrogens with zero attached hydrogens (tertiary/aromatic N) is 2. The van der Waals surface area contributed by atoms with Crippen molar-refractivity contribution in [2.75, 3.05) is 26.4 Å². The van der Waals surface area contributed by atoms with Crippen LogP contribution in [0.3, 0.4) is 0 Å². The normalized spacial score (nSPS) is 17.5. The molecular weight excluding hydrogens is 437 g/mol. The summed E-state index contributed by atoms with van der Waals surface area (Å²) in [6.07, 6.45) is 3.73. The Hall–Kier alpha value is -2.45. The number of rotatable bonds is 6. The van der Waals surface area contributed by atoms with Gasteiger partial charge < -0.3 is 14.8 Å². The Kier molecular flexibility index (Phi) is 6.81. The first-order chi connectivity index (χ1) is 15.4. The van der Waals surface area contributed by atoms with Gasteiger partial charge in [-0.15, -0.1) is 0 Å². The maximum atomic E-state index is 13.5. The van der Waals surface area contributed by atoms with E-state index in [4.69, 9.17) is 26.2 Å². The molecule has 7 nitrogen and oxygen atoms in total. The van der Waals surface area contributed by atoms with E-state index in [1.165, 1.54) is 6.07 Å². The molecule has 0 bridgehead atoms. The maximum absolute atomic E-state index is 13.5. The van der Waals surface area contributed by atoms with E-state index in [0.717, 1.165) is 42.8 Å². The van der Waals surface area contributed by atoms with Crippen LogP contribution >= 0.6 is 11.6 Å². The SMILES string of the molecule is CCc1nn(CCCOC(=O)c2cc(F)cc(Cl)c2)c2c1C(=O)NCC1(CCOCC1)C2. The van der Waals surface area contributed by atoms with Crippen molar-refractivity contribution in [3.63, 3.8) is 0 Å². The topological polar surface area (TPSA) is 82.5 Å². The van der Waals surface area contributed by atoms with Crippen LogP contribution in [0.25, 0.3) is 0 Å². The minimum Gasteiger partial charge on any atom is -0.462 e. The summed E-state index contributed by atoms with van der Waals surface area (Å²) in [5.74, 6) is -1.28. The molecule has 2 aliphatic rings. The largest absolute Gasteiger partial charge is 0.462 e. The lowest BCUT2D eigenvalue weighted by molar-refractivity contribution is 0.0152. The summed E-state index contributed by atoms with van der Waals surface area (Å²) in [6.45, 7) is 4.68. The summed E-state index contributed by atoms with van der Waals surface area (Å²) in [6, 6.07) is 3.61. The third-order valence-electron chi connectivity index (χ3n) is 6.26. The van der Waals surface area contributed by atoms with Gasteiger partial charge in [0.15, 0.2) is 0 Å². The third-order valence-corrected chi connectivity index (χ3v) is 6.48. The smallest absolute Gasteiger partial charge is 0.338 e. The number of amides is 1. The highest BCUT2D eigenvalue weighted by Crippen LogP contribution is 2.37. The minimum absolute atomic E-state index is 0.0227. The third kappa shape index (κ3) is 4.81. The number of halogens is 2. The van der Waals surface area contributed by atoms with Gasteiger partial charge in [0, 0.05) is 37.7 Å². The number of benzene rings is 1. The van der Waals surface area contributed by atoms with Crippen LogP contribution in [0, 0.1) is 11.2 Å². The lowest BCUT2D eigenvalue weighted by Crippen LogP contribution is -2.40. The predicted molar refractivity (Wildman–Crippen MR) is 116 cm³/mol. The number of ether oxygens (including phenoxy) is 2. The zero-order chi connectivity index (χ0) is 22.7. The number of fused-ring (bicyclic) bond motifs is 1. The Balaban J connectivity index is 1.45. The van der Waals surface area contributed by atoms with Crippen LogP contribution in [0.2, 0.25) is 5.02 Å². The molecule has 2 aliphatic heterocycles. The van der Waals surface area contributed by atoms with E-state index in [1.807, 2.05) is 11.6 Å². The first-order valence-electron chi connectivity index (χ1n) is 11.0. The first-order valence-corrected chi connectivity index (χ1v) is 11.4. The molecule has 0 atom stereocenters. The average Bonchev–Trinajstić information content (AvgIpc) is 3.05. The molecule has 9 heteroatoms. The van der Waals surface area contributed by atoms with Gasteiger partial charge in [0.05, 0.1) is 29.1 Å². The highest BCUT2D eigenvalue weighted by Gasteiger charge is 2.39. The Morgan fingerprint density at radius 2 is 2.12 bits per heavy atom. The average molecular weight is 464 g/mol. The van der Waals surface area contributed by atoms with E-state index in [1.54, 1.807) is 0 Å². The van der Waals surface area contributed by atoms with Crippen LogP contribution < -0.4 is 5.32 Å². The molecule has 172 valence electrons. The second-order valence-electron chi connectivity index (χ2n) is 8.46. The Labute approximate surface area is 191 Å². The summed E-state index contributed by atoms with van der Waals surface area (Å²) in [4.78, 5) is 25.0. The fraction of sp³-hybridized carbons (Fsp3) is 0.522. The van der Waals surface area contributed by atoms with Crippen molar-refractivity contribution >= 4 is 23.5 Å². The number of aromatic nitrogens is 2. The van der Waals surface area contributed by atoms with E-state index in [-0.39, 0.29) is 28.5 Å². The minimum atomic E-state index is -0.625. The quantitative estimate of drug-likeness (QED) is 0.523. The molecule has 2 aromatic rings. The first kappa shape index (κ1) is 22.7. The molecule has 1 fully saturated rings. The second-order valence-corrected chi connectivity index (χ2v) is 8.90. The number of carbonyl (C=O) groups excluding carboxylic acids is 2. The van der Waals surface area contributed by atoms with Crippen molar-refractivity contribution in [2.45, 2.75) is 45.6 Å². The van der Waals surface area contributed by atoms with E-state index in [0.29, 0.717) is 44.7 Å². The lowest BCUT2D eigenvalue weighted by atomic mass is 9.76. The van der Waals surface area contributed by atoms with Gasteiger partial charge >= 0.3 is 5.97 Å². The summed E-state index contributed by atoms with van der Waals surface area (Å²) >= 11 is 5.81. The van der Waals surface area contributed by atoms with Gasteiger partial charge in [0.2, 0.25) is 0 Å². The van der Waals surface area contributed by atoms with Crippen LogP contribution in [-0.2, 0) is 28.9 Å². The molecule has 0 radical (unpaired) electrons. The van der Waals surface area contributed by atoms with Gasteiger partial charge in [0.25, 0.3) is 5.91 Å². The highest BCUT2D eigenvalue weighted by atomic mass is 35.5. The van der Waals surface area contributed by atoms with Crippen LogP contribution in [0.5, 0.6) is 0 Å². The molecule has 4 rings (SSSR count). The van der Waals surface area contributed by atoms with Crippen molar-refractivity contribution in [1.82, 2.24) is 15.1 Å². The van der Waals surface area contributed by atoms with Crippen molar-refractivity contribution in [1.29, 1.82) is 0 Å². The molecule has 1 aromatic heterocycles. The van der Waals surface area contributed by atoms with E-state index >= 15 is 0 Å². The number of nitrogens with one attached hydrogen (secondary N) is 1. The molecule has 0 unspecified atom stereocenters. The molecule has 1 N–H and O–H groups in total. The van der Waals surface area contributed by atoms with E-state index in [9.17, 15) is 14.0 Å². The fourth-order valence-electron chi connectivity index (χ4n) is 4.49. The van der Waals surface area contributed by atoms with E-state index < -0.39 is 11.8 Å². The number of hydrogen-bond donors (Lipinski definition) is 1. The van der Waals surface area contributed by atoms with Gasteiger partial charge in [-0.1, -0.05) is 18.5 Å². The number of aryl methyl sites for hydroxylation is 2. The molecule has 32 heavy (non-hydrogen) atoms. The van der Waals surface area contributed by atoms with E-state index in [2.05, 4.69) is 5.32 Å². The molecular formula is C23H27ClFN3O4. The Morgan fingerprint density at radius 3 is 2.84 bits per heavy atom. The van der Waals surface area contributed by atoms with Crippen molar-refractivity contribution in [2.24, 2.45) is 5.41 Å². The molecule has 0 aliphatic carbocycles. The second kappa shape index (κ2) is 9.58. The van der Waals surface area contributed by atoms with Crippen molar-refractivity contribution in [3.05, 3.63) is 51.6 Å². The molecule has 0 saturated carbocycles. The van der Waals surface area contributed by atoms with Crippen LogP contribution in [0.1, 0.15) is 58.3 Å². The summed E-state index contributed by atoms with van der Waals surface area (Å²) in [5.41, 5.74) is 2.47. The van der Waals surface area contributed by atoms with Crippen LogP contribution in [-0.4, -0.2) is 48.0 Å². The predicted octanol–water partition coefficient (Wildman–Crippen LogP) is 3.57. The fourth-order valence-corrected chi connectivity index (χ4v) is 4.71. The summed E-state index contributed by atoms with van der Waals surface area (Å²) in [7, 11) is 0. The zero-order valence-electron chi connectivity index (χ0n) is 18.1. The monoisotopic (exact) mass is 463 g/mol. The maximum Gasteiger partial charge on any atom is 0.338 e. The molecule has 1 saturated heterocycles. The summed E-state index contributed by atoms with van der Waals surface area (Å²) < 4.78 is 26.2.